The van der Waals surface area contributed by atoms with Gasteiger partial charge < -0.3 is 5.73 Å². The molecule has 0 amide bonds. The summed E-state index contributed by atoms with van der Waals surface area (Å²) >= 11 is 0. The van der Waals surface area contributed by atoms with E-state index in [1.54, 1.807) is 0 Å². The summed E-state index contributed by atoms with van der Waals surface area (Å²) in [4.78, 5) is 0. The molecule has 0 aromatic carbocycles. The number of hydrogen-bond donors (Lipinski definition) is 1. The van der Waals surface area contributed by atoms with Crippen LogP contribution in [0.2, 0.25) is 0 Å². The zero-order chi connectivity index (χ0) is 12.3. The lowest BCUT2D eigenvalue weighted by Crippen LogP contribution is -2.36. The van der Waals surface area contributed by atoms with Crippen LogP contribution < -0.4 is 5.73 Å². The van der Waals surface area contributed by atoms with Crippen LogP contribution >= 0.6 is 0 Å². The molecule has 1 heterocycles. The molecule has 1 aliphatic rings. The van der Waals surface area contributed by atoms with E-state index in [0.29, 0.717) is 12.0 Å². The van der Waals surface area contributed by atoms with E-state index >= 15 is 0 Å². The van der Waals surface area contributed by atoms with Gasteiger partial charge in [0.1, 0.15) is 0 Å². The maximum Gasteiger partial charge on any atom is 0.0492 e. The van der Waals surface area contributed by atoms with Gasteiger partial charge in [-0.1, -0.05) is 13.3 Å². The highest BCUT2D eigenvalue weighted by Crippen LogP contribution is 2.32. The minimum atomic E-state index is 0.422. The Hall–Kier alpha value is -0.830. The Kier molecular flexibility index (Phi) is 4.21. The van der Waals surface area contributed by atoms with Crippen molar-refractivity contribution in [3.63, 3.8) is 0 Å². The SMILES string of the molecule is CCC1CCC(N)C(CCc2ccnn2C)C1. The molecule has 1 saturated carbocycles. The standard InChI is InChI=1S/C14H25N3/c1-3-11-4-7-14(15)12(10-11)5-6-13-8-9-16-17(13)2/h8-9,11-12,14H,3-7,10,15H2,1-2H3. The largest absolute Gasteiger partial charge is 0.327 e. The minimum Gasteiger partial charge on any atom is -0.327 e. The van der Waals surface area contributed by atoms with Crippen molar-refractivity contribution in [3.8, 4) is 0 Å². The van der Waals surface area contributed by atoms with Crippen molar-refractivity contribution in [1.82, 2.24) is 9.78 Å². The molecule has 0 saturated heterocycles. The average molecular weight is 235 g/mol. The second-order valence-corrected chi connectivity index (χ2v) is 5.50. The van der Waals surface area contributed by atoms with Crippen molar-refractivity contribution in [2.75, 3.05) is 0 Å². The van der Waals surface area contributed by atoms with Crippen molar-refractivity contribution in [2.24, 2.45) is 24.6 Å². The van der Waals surface area contributed by atoms with E-state index < -0.39 is 0 Å². The monoisotopic (exact) mass is 235 g/mol. The van der Waals surface area contributed by atoms with E-state index in [1.807, 2.05) is 17.9 Å². The maximum atomic E-state index is 6.25. The summed E-state index contributed by atoms with van der Waals surface area (Å²) in [7, 11) is 2.02. The van der Waals surface area contributed by atoms with E-state index in [0.717, 1.165) is 12.3 Å². The van der Waals surface area contributed by atoms with Gasteiger partial charge in [0.15, 0.2) is 0 Å². The van der Waals surface area contributed by atoms with E-state index in [9.17, 15) is 0 Å². The molecular formula is C14H25N3. The third kappa shape index (κ3) is 3.09. The lowest BCUT2D eigenvalue weighted by Gasteiger charge is -2.33. The van der Waals surface area contributed by atoms with Crippen LogP contribution in [-0.2, 0) is 13.5 Å². The summed E-state index contributed by atoms with van der Waals surface area (Å²) in [6.07, 6.45) is 9.41. The number of rotatable bonds is 4. The summed E-state index contributed by atoms with van der Waals surface area (Å²) in [5.74, 6) is 1.62. The van der Waals surface area contributed by atoms with Gasteiger partial charge in [-0.05, 0) is 50.0 Å². The first-order valence-corrected chi connectivity index (χ1v) is 6.93. The van der Waals surface area contributed by atoms with E-state index in [2.05, 4.69) is 18.1 Å². The van der Waals surface area contributed by atoms with Gasteiger partial charge in [0.2, 0.25) is 0 Å². The van der Waals surface area contributed by atoms with Crippen molar-refractivity contribution < 1.29 is 0 Å². The Morgan fingerprint density at radius 1 is 1.47 bits per heavy atom. The van der Waals surface area contributed by atoms with Crippen LogP contribution in [0, 0.1) is 11.8 Å². The molecule has 1 fully saturated rings. The Bertz CT molecular complexity index is 345. The number of aryl methyl sites for hydroxylation is 2. The molecule has 96 valence electrons. The molecular weight excluding hydrogens is 210 g/mol. The summed E-state index contributed by atoms with van der Waals surface area (Å²) in [6, 6.07) is 2.54. The molecule has 0 bridgehead atoms. The maximum absolute atomic E-state index is 6.25. The van der Waals surface area contributed by atoms with Gasteiger partial charge in [-0.25, -0.2) is 0 Å². The summed E-state index contributed by atoms with van der Waals surface area (Å²) in [5, 5.41) is 4.22. The van der Waals surface area contributed by atoms with Crippen molar-refractivity contribution in [1.29, 1.82) is 0 Å². The zero-order valence-corrected chi connectivity index (χ0v) is 11.1. The highest BCUT2D eigenvalue weighted by atomic mass is 15.2. The number of nitrogens with two attached hydrogens (primary N) is 1. The van der Waals surface area contributed by atoms with Crippen LogP contribution in [0.3, 0.4) is 0 Å². The zero-order valence-electron chi connectivity index (χ0n) is 11.1. The predicted octanol–water partition coefficient (Wildman–Crippen LogP) is 2.51. The second-order valence-electron chi connectivity index (χ2n) is 5.50. The lowest BCUT2D eigenvalue weighted by molar-refractivity contribution is 0.217. The highest BCUT2D eigenvalue weighted by molar-refractivity contribution is 5.00. The van der Waals surface area contributed by atoms with Crippen LogP contribution in [0.5, 0.6) is 0 Å². The highest BCUT2D eigenvalue weighted by Gasteiger charge is 2.26. The van der Waals surface area contributed by atoms with Crippen LogP contribution in [0.15, 0.2) is 12.3 Å². The van der Waals surface area contributed by atoms with Gasteiger partial charge in [0.05, 0.1) is 0 Å². The normalized spacial score (nSPS) is 29.5. The molecule has 1 aromatic heterocycles. The van der Waals surface area contributed by atoms with Crippen LogP contribution in [0.25, 0.3) is 0 Å². The summed E-state index contributed by atoms with van der Waals surface area (Å²) in [6.45, 7) is 2.31. The predicted molar refractivity (Wildman–Crippen MR) is 70.6 cm³/mol. The van der Waals surface area contributed by atoms with Crippen LogP contribution in [0.1, 0.15) is 44.7 Å². The number of aromatic nitrogens is 2. The molecule has 1 aromatic rings. The molecule has 3 unspecified atom stereocenters. The smallest absolute Gasteiger partial charge is 0.0492 e. The molecule has 0 spiro atoms. The fourth-order valence-electron chi connectivity index (χ4n) is 3.07. The first-order valence-electron chi connectivity index (χ1n) is 6.93. The Morgan fingerprint density at radius 2 is 2.29 bits per heavy atom. The third-order valence-corrected chi connectivity index (χ3v) is 4.42. The molecule has 3 heteroatoms. The van der Waals surface area contributed by atoms with Crippen LogP contribution in [-0.4, -0.2) is 15.8 Å². The van der Waals surface area contributed by atoms with Gasteiger partial charge in [-0.15, -0.1) is 0 Å². The molecule has 17 heavy (non-hydrogen) atoms. The molecule has 1 aliphatic carbocycles. The van der Waals surface area contributed by atoms with E-state index in [4.69, 9.17) is 5.73 Å². The van der Waals surface area contributed by atoms with E-state index in [-0.39, 0.29) is 0 Å². The van der Waals surface area contributed by atoms with Gasteiger partial charge in [-0.3, -0.25) is 4.68 Å². The topological polar surface area (TPSA) is 43.8 Å². The van der Waals surface area contributed by atoms with Gasteiger partial charge >= 0.3 is 0 Å². The third-order valence-electron chi connectivity index (χ3n) is 4.42. The van der Waals surface area contributed by atoms with Crippen molar-refractivity contribution in [3.05, 3.63) is 18.0 Å². The molecule has 2 rings (SSSR count). The average Bonchev–Trinajstić information content (AvgIpc) is 2.74. The lowest BCUT2D eigenvalue weighted by atomic mass is 9.75. The van der Waals surface area contributed by atoms with Crippen molar-refractivity contribution in [2.45, 2.75) is 51.5 Å². The quantitative estimate of drug-likeness (QED) is 0.871. The molecule has 0 aliphatic heterocycles. The Morgan fingerprint density at radius 3 is 2.94 bits per heavy atom. The van der Waals surface area contributed by atoms with Gasteiger partial charge in [-0.2, -0.15) is 5.10 Å². The number of hydrogen-bond acceptors (Lipinski definition) is 2. The Balaban J connectivity index is 1.87. The minimum absolute atomic E-state index is 0.422. The molecule has 3 nitrogen and oxygen atoms in total. The van der Waals surface area contributed by atoms with Gasteiger partial charge in [0, 0.05) is 25.0 Å². The second kappa shape index (κ2) is 5.67. The Labute approximate surface area is 104 Å². The number of nitrogens with zero attached hydrogens (tertiary/aromatic N) is 2. The molecule has 3 atom stereocenters. The van der Waals surface area contributed by atoms with Crippen LogP contribution in [0.4, 0.5) is 0 Å². The van der Waals surface area contributed by atoms with Gasteiger partial charge in [0.25, 0.3) is 0 Å². The van der Waals surface area contributed by atoms with Crippen molar-refractivity contribution >= 4 is 0 Å². The summed E-state index contributed by atoms with van der Waals surface area (Å²) in [5.41, 5.74) is 7.58. The fourth-order valence-corrected chi connectivity index (χ4v) is 3.07. The van der Waals surface area contributed by atoms with E-state index in [1.165, 1.54) is 37.8 Å². The molecule has 0 radical (unpaired) electrons. The summed E-state index contributed by atoms with van der Waals surface area (Å²) < 4.78 is 1.98. The fraction of sp³-hybridized carbons (Fsp3) is 0.786. The molecule has 2 N–H and O–H groups in total. The first kappa shape index (κ1) is 12.6. The first-order chi connectivity index (χ1) is 8.20.